The smallest absolute Gasteiger partial charge is 0.136 e. The summed E-state index contributed by atoms with van der Waals surface area (Å²) in [6, 6.07) is 11.9. The molecule has 1 heterocycles. The molecule has 2 aromatic rings. The third-order valence-electron chi connectivity index (χ3n) is 2.91. The Labute approximate surface area is 108 Å². The van der Waals surface area contributed by atoms with Crippen LogP contribution < -0.4 is 10.5 Å². The zero-order valence-corrected chi connectivity index (χ0v) is 10.5. The average molecular weight is 242 g/mol. The predicted molar refractivity (Wildman–Crippen MR) is 72.5 cm³/mol. The lowest BCUT2D eigenvalue weighted by Gasteiger charge is -2.19. The molecule has 18 heavy (non-hydrogen) atoms. The highest BCUT2D eigenvalue weighted by Crippen LogP contribution is 2.24. The SMILES string of the molecule is CCc1ccccc1OC(CN)c1ccncc1. The van der Waals surface area contributed by atoms with E-state index < -0.39 is 0 Å². The van der Waals surface area contributed by atoms with E-state index in [0.29, 0.717) is 6.54 Å². The molecular formula is C15H18N2O. The van der Waals surface area contributed by atoms with Crippen molar-refractivity contribution in [3.05, 3.63) is 59.9 Å². The maximum atomic E-state index is 6.02. The van der Waals surface area contributed by atoms with Gasteiger partial charge in [0.15, 0.2) is 0 Å². The van der Waals surface area contributed by atoms with E-state index >= 15 is 0 Å². The molecule has 0 fully saturated rings. The summed E-state index contributed by atoms with van der Waals surface area (Å²) in [5.41, 5.74) is 8.05. The molecule has 0 spiro atoms. The average Bonchev–Trinajstić information content (AvgIpc) is 2.46. The molecule has 3 nitrogen and oxygen atoms in total. The van der Waals surface area contributed by atoms with Gasteiger partial charge in [-0.3, -0.25) is 4.98 Å². The first-order valence-electron chi connectivity index (χ1n) is 6.19. The van der Waals surface area contributed by atoms with Crippen molar-refractivity contribution < 1.29 is 4.74 Å². The van der Waals surface area contributed by atoms with Gasteiger partial charge in [0, 0.05) is 18.9 Å². The van der Waals surface area contributed by atoms with Gasteiger partial charge in [-0.15, -0.1) is 0 Å². The molecule has 0 saturated heterocycles. The summed E-state index contributed by atoms with van der Waals surface area (Å²) in [7, 11) is 0. The van der Waals surface area contributed by atoms with Crippen LogP contribution in [0.25, 0.3) is 0 Å². The van der Waals surface area contributed by atoms with Crippen LogP contribution in [-0.4, -0.2) is 11.5 Å². The number of pyridine rings is 1. The van der Waals surface area contributed by atoms with Gasteiger partial charge in [0.2, 0.25) is 0 Å². The van der Waals surface area contributed by atoms with Crippen molar-refractivity contribution in [1.82, 2.24) is 4.98 Å². The maximum absolute atomic E-state index is 6.02. The number of nitrogens with zero attached hydrogens (tertiary/aromatic N) is 1. The van der Waals surface area contributed by atoms with Gasteiger partial charge in [0.05, 0.1) is 0 Å². The molecule has 3 heteroatoms. The van der Waals surface area contributed by atoms with Crippen LogP contribution in [0.3, 0.4) is 0 Å². The van der Waals surface area contributed by atoms with Crippen LogP contribution in [0.4, 0.5) is 0 Å². The molecule has 1 aromatic heterocycles. The number of hydrogen-bond donors (Lipinski definition) is 1. The molecule has 0 amide bonds. The van der Waals surface area contributed by atoms with Gasteiger partial charge in [-0.25, -0.2) is 0 Å². The molecule has 0 aliphatic rings. The summed E-state index contributed by atoms with van der Waals surface area (Å²) in [4.78, 5) is 4.01. The first-order chi connectivity index (χ1) is 8.85. The van der Waals surface area contributed by atoms with Crippen LogP contribution in [-0.2, 0) is 6.42 Å². The van der Waals surface area contributed by atoms with Crippen molar-refractivity contribution in [3.63, 3.8) is 0 Å². The third-order valence-corrected chi connectivity index (χ3v) is 2.91. The number of nitrogens with two attached hydrogens (primary N) is 1. The predicted octanol–water partition coefficient (Wildman–Crippen LogP) is 2.72. The van der Waals surface area contributed by atoms with Crippen molar-refractivity contribution in [2.45, 2.75) is 19.4 Å². The number of rotatable bonds is 5. The van der Waals surface area contributed by atoms with Crippen LogP contribution >= 0.6 is 0 Å². The molecule has 0 aliphatic carbocycles. The number of aryl methyl sites for hydroxylation is 1. The fourth-order valence-corrected chi connectivity index (χ4v) is 1.89. The highest BCUT2D eigenvalue weighted by molar-refractivity contribution is 5.34. The Morgan fingerprint density at radius 1 is 1.17 bits per heavy atom. The fourth-order valence-electron chi connectivity index (χ4n) is 1.89. The molecular weight excluding hydrogens is 224 g/mol. The number of ether oxygens (including phenoxy) is 1. The van der Waals surface area contributed by atoms with E-state index in [1.54, 1.807) is 12.4 Å². The molecule has 2 rings (SSSR count). The van der Waals surface area contributed by atoms with Gasteiger partial charge in [0.25, 0.3) is 0 Å². The first-order valence-corrected chi connectivity index (χ1v) is 6.19. The quantitative estimate of drug-likeness (QED) is 0.877. The van der Waals surface area contributed by atoms with Crippen LogP contribution in [0, 0.1) is 0 Å². The Morgan fingerprint density at radius 3 is 2.56 bits per heavy atom. The van der Waals surface area contributed by atoms with Crippen LogP contribution in [0.15, 0.2) is 48.8 Å². The topological polar surface area (TPSA) is 48.1 Å². The normalized spacial score (nSPS) is 12.1. The zero-order chi connectivity index (χ0) is 12.8. The molecule has 1 aromatic carbocycles. The minimum Gasteiger partial charge on any atom is -0.484 e. The van der Waals surface area contributed by atoms with Crippen molar-refractivity contribution in [2.75, 3.05) is 6.54 Å². The van der Waals surface area contributed by atoms with Gasteiger partial charge >= 0.3 is 0 Å². The van der Waals surface area contributed by atoms with Gasteiger partial charge < -0.3 is 10.5 Å². The van der Waals surface area contributed by atoms with Crippen LogP contribution in [0.5, 0.6) is 5.75 Å². The summed E-state index contributed by atoms with van der Waals surface area (Å²) < 4.78 is 6.02. The Morgan fingerprint density at radius 2 is 1.89 bits per heavy atom. The molecule has 94 valence electrons. The van der Waals surface area contributed by atoms with Gasteiger partial charge in [0.1, 0.15) is 11.9 Å². The highest BCUT2D eigenvalue weighted by atomic mass is 16.5. The number of aromatic nitrogens is 1. The van der Waals surface area contributed by atoms with E-state index in [4.69, 9.17) is 10.5 Å². The molecule has 0 radical (unpaired) electrons. The summed E-state index contributed by atoms with van der Waals surface area (Å²) in [5, 5.41) is 0. The molecule has 0 saturated carbocycles. The third kappa shape index (κ3) is 2.87. The molecule has 0 bridgehead atoms. The maximum Gasteiger partial charge on any atom is 0.136 e. The lowest BCUT2D eigenvalue weighted by molar-refractivity contribution is 0.212. The Kier molecular flexibility index (Phi) is 4.31. The van der Waals surface area contributed by atoms with E-state index in [1.807, 2.05) is 30.3 Å². The van der Waals surface area contributed by atoms with Crippen LogP contribution in [0.2, 0.25) is 0 Å². The minimum absolute atomic E-state index is 0.124. The van der Waals surface area contributed by atoms with E-state index in [0.717, 1.165) is 17.7 Å². The largest absolute Gasteiger partial charge is 0.484 e. The van der Waals surface area contributed by atoms with Crippen LogP contribution in [0.1, 0.15) is 24.2 Å². The lowest BCUT2D eigenvalue weighted by Crippen LogP contribution is -2.19. The van der Waals surface area contributed by atoms with Crippen molar-refractivity contribution in [2.24, 2.45) is 5.73 Å². The minimum atomic E-state index is -0.124. The monoisotopic (exact) mass is 242 g/mol. The summed E-state index contributed by atoms with van der Waals surface area (Å²) in [6.45, 7) is 2.56. The molecule has 0 aliphatic heterocycles. The summed E-state index contributed by atoms with van der Waals surface area (Å²) >= 11 is 0. The van der Waals surface area contributed by atoms with E-state index in [-0.39, 0.29) is 6.10 Å². The Bertz CT molecular complexity index is 485. The van der Waals surface area contributed by atoms with Crippen molar-refractivity contribution in [3.8, 4) is 5.75 Å². The van der Waals surface area contributed by atoms with Crippen molar-refractivity contribution >= 4 is 0 Å². The summed E-state index contributed by atoms with van der Waals surface area (Å²) in [6.07, 6.45) is 4.34. The Balaban J connectivity index is 2.21. The fraction of sp³-hybridized carbons (Fsp3) is 0.267. The second kappa shape index (κ2) is 6.17. The molecule has 1 atom stereocenters. The zero-order valence-electron chi connectivity index (χ0n) is 10.5. The highest BCUT2D eigenvalue weighted by Gasteiger charge is 2.12. The van der Waals surface area contributed by atoms with Gasteiger partial charge in [-0.1, -0.05) is 25.1 Å². The lowest BCUT2D eigenvalue weighted by atomic mass is 10.1. The summed E-state index contributed by atoms with van der Waals surface area (Å²) in [5.74, 6) is 0.910. The standard InChI is InChI=1S/C15H18N2O/c1-2-12-5-3-4-6-14(12)18-15(11-16)13-7-9-17-10-8-13/h3-10,15H,2,11,16H2,1H3. The van der Waals surface area contributed by atoms with Crippen molar-refractivity contribution in [1.29, 1.82) is 0 Å². The Hall–Kier alpha value is -1.87. The van der Waals surface area contributed by atoms with Gasteiger partial charge in [-0.2, -0.15) is 0 Å². The second-order valence-electron chi connectivity index (χ2n) is 4.08. The van der Waals surface area contributed by atoms with E-state index in [1.165, 1.54) is 5.56 Å². The molecule has 2 N–H and O–H groups in total. The van der Waals surface area contributed by atoms with E-state index in [2.05, 4.69) is 18.0 Å². The second-order valence-corrected chi connectivity index (χ2v) is 4.08. The number of para-hydroxylation sites is 1. The number of hydrogen-bond acceptors (Lipinski definition) is 3. The number of benzene rings is 1. The first kappa shape index (κ1) is 12.6. The van der Waals surface area contributed by atoms with Gasteiger partial charge in [-0.05, 0) is 35.7 Å². The van der Waals surface area contributed by atoms with E-state index in [9.17, 15) is 0 Å². The molecule has 1 unspecified atom stereocenters.